The Balaban J connectivity index is 2.51. The second kappa shape index (κ2) is 5.93. The molecular formula is C12H13Cl3N2O3S. The smallest absolute Gasteiger partial charge is 0.256 e. The van der Waals surface area contributed by atoms with Gasteiger partial charge in [0, 0.05) is 13.6 Å². The maximum atomic E-state index is 12.4. The number of carbonyl (C=O) groups is 1. The third kappa shape index (κ3) is 3.63. The van der Waals surface area contributed by atoms with Gasteiger partial charge in [0.2, 0.25) is 10.0 Å². The van der Waals surface area contributed by atoms with Crippen LogP contribution in [0.3, 0.4) is 0 Å². The van der Waals surface area contributed by atoms with E-state index < -0.39 is 20.8 Å². The second-order valence-electron chi connectivity index (χ2n) is 5.03. The highest BCUT2D eigenvalue weighted by molar-refractivity contribution is 7.89. The summed E-state index contributed by atoms with van der Waals surface area (Å²) in [6.45, 7) is 0.558. The van der Waals surface area contributed by atoms with Gasteiger partial charge in [-0.25, -0.2) is 13.6 Å². The highest BCUT2D eigenvalue weighted by Gasteiger charge is 2.30. The number of benzene rings is 1. The average Bonchev–Trinajstić information content (AvgIpc) is 3.16. The molecule has 2 N–H and O–H groups in total. The van der Waals surface area contributed by atoms with Crippen molar-refractivity contribution in [2.75, 3.05) is 13.6 Å². The Morgan fingerprint density at radius 1 is 1.33 bits per heavy atom. The molecule has 0 unspecified atom stereocenters. The first kappa shape index (κ1) is 16.8. The molecule has 1 fully saturated rings. The Morgan fingerprint density at radius 3 is 2.38 bits per heavy atom. The van der Waals surface area contributed by atoms with Crippen LogP contribution >= 0.6 is 34.8 Å². The molecule has 0 bridgehead atoms. The minimum Gasteiger partial charge on any atom is -0.341 e. The molecule has 0 aliphatic heterocycles. The van der Waals surface area contributed by atoms with Crippen molar-refractivity contribution in [3.63, 3.8) is 0 Å². The van der Waals surface area contributed by atoms with Crippen molar-refractivity contribution >= 4 is 50.7 Å². The van der Waals surface area contributed by atoms with E-state index in [9.17, 15) is 13.2 Å². The Bertz CT molecular complexity index is 702. The number of primary sulfonamides is 1. The number of nitrogens with zero attached hydrogens (tertiary/aromatic N) is 1. The summed E-state index contributed by atoms with van der Waals surface area (Å²) in [6.07, 6.45) is 2.13. The fourth-order valence-corrected chi connectivity index (χ4v) is 3.67. The highest BCUT2D eigenvalue weighted by atomic mass is 35.5. The Kier molecular flexibility index (Phi) is 4.75. The van der Waals surface area contributed by atoms with Gasteiger partial charge in [-0.15, -0.1) is 0 Å². The fraction of sp³-hybridized carbons (Fsp3) is 0.417. The van der Waals surface area contributed by atoms with Crippen LogP contribution < -0.4 is 5.14 Å². The van der Waals surface area contributed by atoms with Crippen LogP contribution in [0.25, 0.3) is 0 Å². The normalized spacial score (nSPS) is 15.1. The Morgan fingerprint density at radius 2 is 1.90 bits per heavy atom. The monoisotopic (exact) mass is 370 g/mol. The van der Waals surface area contributed by atoms with Crippen LogP contribution in [0, 0.1) is 5.92 Å². The summed E-state index contributed by atoms with van der Waals surface area (Å²) in [6, 6.07) is 1.04. The number of hydrogen-bond acceptors (Lipinski definition) is 3. The van der Waals surface area contributed by atoms with Gasteiger partial charge in [-0.2, -0.15) is 0 Å². The van der Waals surface area contributed by atoms with E-state index in [-0.39, 0.29) is 20.6 Å². The molecule has 2 rings (SSSR count). The molecule has 0 atom stereocenters. The summed E-state index contributed by atoms with van der Waals surface area (Å²) >= 11 is 17.9. The van der Waals surface area contributed by atoms with Gasteiger partial charge < -0.3 is 4.90 Å². The van der Waals surface area contributed by atoms with Crippen LogP contribution in [0.2, 0.25) is 15.1 Å². The molecule has 1 aromatic carbocycles. The first-order chi connectivity index (χ1) is 9.62. The maximum Gasteiger partial charge on any atom is 0.256 e. The van der Waals surface area contributed by atoms with Crippen molar-refractivity contribution in [3.8, 4) is 0 Å². The molecule has 1 aromatic rings. The molecule has 1 amide bonds. The molecule has 9 heteroatoms. The van der Waals surface area contributed by atoms with Gasteiger partial charge >= 0.3 is 0 Å². The van der Waals surface area contributed by atoms with Crippen molar-refractivity contribution in [1.29, 1.82) is 0 Å². The van der Waals surface area contributed by atoms with E-state index in [4.69, 9.17) is 39.9 Å². The summed E-state index contributed by atoms with van der Waals surface area (Å²) in [5, 5.41) is 4.60. The van der Waals surface area contributed by atoms with Crippen LogP contribution in [0.4, 0.5) is 0 Å². The molecule has 21 heavy (non-hydrogen) atoms. The van der Waals surface area contributed by atoms with Gasteiger partial charge in [-0.1, -0.05) is 34.8 Å². The zero-order valence-electron chi connectivity index (χ0n) is 11.1. The third-order valence-corrected chi connectivity index (χ3v) is 5.45. The zero-order chi connectivity index (χ0) is 15.9. The van der Waals surface area contributed by atoms with Crippen LogP contribution in [-0.2, 0) is 10.0 Å². The van der Waals surface area contributed by atoms with Gasteiger partial charge in [-0.05, 0) is 24.8 Å². The van der Waals surface area contributed by atoms with Crippen molar-refractivity contribution in [2.45, 2.75) is 17.7 Å². The molecule has 5 nitrogen and oxygen atoms in total. The molecule has 0 saturated heterocycles. The zero-order valence-corrected chi connectivity index (χ0v) is 14.2. The van der Waals surface area contributed by atoms with Gasteiger partial charge in [0.1, 0.15) is 4.90 Å². The molecule has 1 aliphatic carbocycles. The largest absolute Gasteiger partial charge is 0.341 e. The molecule has 0 radical (unpaired) electrons. The van der Waals surface area contributed by atoms with E-state index in [1.807, 2.05) is 0 Å². The van der Waals surface area contributed by atoms with E-state index >= 15 is 0 Å². The predicted octanol–water partition coefficient (Wildman–Crippen LogP) is 2.78. The molecule has 116 valence electrons. The summed E-state index contributed by atoms with van der Waals surface area (Å²) in [4.78, 5) is 13.5. The lowest BCUT2D eigenvalue weighted by Crippen LogP contribution is -2.29. The van der Waals surface area contributed by atoms with Gasteiger partial charge in [-0.3, -0.25) is 4.79 Å². The quantitative estimate of drug-likeness (QED) is 0.826. The number of sulfonamides is 1. The first-order valence-electron chi connectivity index (χ1n) is 6.08. The molecule has 1 aliphatic rings. The highest BCUT2D eigenvalue weighted by Crippen LogP contribution is 2.37. The number of nitrogens with two attached hydrogens (primary N) is 1. The Hall–Kier alpha value is -0.530. The summed E-state index contributed by atoms with van der Waals surface area (Å²) in [5.74, 6) is -0.0160. The molecule has 0 aromatic heterocycles. The lowest BCUT2D eigenvalue weighted by molar-refractivity contribution is 0.0789. The maximum absolute atomic E-state index is 12.4. The van der Waals surface area contributed by atoms with Crippen molar-refractivity contribution < 1.29 is 13.2 Å². The fourth-order valence-electron chi connectivity index (χ4n) is 1.94. The molecule has 0 heterocycles. The average molecular weight is 372 g/mol. The van der Waals surface area contributed by atoms with Gasteiger partial charge in [0.15, 0.2) is 0 Å². The van der Waals surface area contributed by atoms with E-state index in [2.05, 4.69) is 0 Å². The number of halogens is 3. The Labute approximate surface area is 138 Å². The molecular weight excluding hydrogens is 359 g/mol. The lowest BCUT2D eigenvalue weighted by Gasteiger charge is -2.19. The SMILES string of the molecule is CN(CC1CC1)C(=O)c1c(Cl)c(Cl)cc(S(N)(=O)=O)c1Cl. The first-order valence-corrected chi connectivity index (χ1v) is 8.76. The second-order valence-corrected chi connectivity index (χ2v) is 7.73. The number of carbonyl (C=O) groups excluding carboxylic acids is 1. The predicted molar refractivity (Wildman–Crippen MR) is 82.5 cm³/mol. The van der Waals surface area contributed by atoms with Gasteiger partial charge in [0.05, 0.1) is 20.6 Å². The minimum absolute atomic E-state index is 0.0817. The van der Waals surface area contributed by atoms with E-state index in [0.717, 1.165) is 18.9 Å². The van der Waals surface area contributed by atoms with E-state index in [1.54, 1.807) is 7.05 Å². The summed E-state index contributed by atoms with van der Waals surface area (Å²) in [5.41, 5.74) is -0.141. The standard InChI is InChI=1S/C12H13Cl3N2O3S/c1-17(5-6-2-3-6)12(18)9-10(14)7(13)4-8(11(9)15)21(16,19)20/h4,6H,2-3,5H2,1H3,(H2,16,19,20). The third-order valence-electron chi connectivity index (χ3n) is 3.22. The van der Waals surface area contributed by atoms with Crippen molar-refractivity contribution in [1.82, 2.24) is 4.90 Å². The van der Waals surface area contributed by atoms with Crippen molar-refractivity contribution in [2.24, 2.45) is 11.1 Å². The number of hydrogen-bond donors (Lipinski definition) is 1. The number of amides is 1. The molecule has 0 spiro atoms. The summed E-state index contributed by atoms with van der Waals surface area (Å²) < 4.78 is 23.0. The molecule has 1 saturated carbocycles. The number of rotatable bonds is 4. The minimum atomic E-state index is -4.11. The van der Waals surface area contributed by atoms with E-state index in [0.29, 0.717) is 12.5 Å². The van der Waals surface area contributed by atoms with Crippen LogP contribution in [0.5, 0.6) is 0 Å². The topological polar surface area (TPSA) is 80.5 Å². The van der Waals surface area contributed by atoms with Crippen molar-refractivity contribution in [3.05, 3.63) is 26.7 Å². The van der Waals surface area contributed by atoms with E-state index in [1.165, 1.54) is 4.90 Å². The summed E-state index contributed by atoms with van der Waals surface area (Å²) in [7, 11) is -2.51. The van der Waals surface area contributed by atoms with Gasteiger partial charge in [0.25, 0.3) is 5.91 Å². The van der Waals surface area contributed by atoms with Crippen LogP contribution in [0.1, 0.15) is 23.2 Å². The van der Waals surface area contributed by atoms with Crippen LogP contribution in [-0.4, -0.2) is 32.8 Å². The lowest BCUT2D eigenvalue weighted by atomic mass is 10.2. The van der Waals surface area contributed by atoms with Crippen LogP contribution in [0.15, 0.2) is 11.0 Å².